The average molecular weight is 230 g/mol. The Morgan fingerprint density at radius 3 is 2.71 bits per heavy atom. The largest absolute Gasteiger partial charge is 0.386 e. The molecular weight excluding hydrogens is 212 g/mol. The van der Waals surface area contributed by atoms with E-state index in [9.17, 15) is 5.11 Å². The fourth-order valence-electron chi connectivity index (χ4n) is 1.97. The first-order valence-corrected chi connectivity index (χ1v) is 6.06. The van der Waals surface area contributed by atoms with Crippen molar-refractivity contribution in [2.45, 2.75) is 19.4 Å². The minimum atomic E-state index is -0.548. The second-order valence-electron chi connectivity index (χ2n) is 4.16. The third-order valence-corrected chi connectivity index (χ3v) is 2.81. The van der Waals surface area contributed by atoms with Crippen molar-refractivity contribution in [3.05, 3.63) is 48.0 Å². The summed E-state index contributed by atoms with van der Waals surface area (Å²) in [6.45, 7) is 3.12. The second-order valence-corrected chi connectivity index (χ2v) is 4.16. The van der Waals surface area contributed by atoms with Crippen LogP contribution in [0.25, 0.3) is 10.8 Å². The van der Waals surface area contributed by atoms with E-state index in [1.54, 1.807) is 0 Å². The van der Waals surface area contributed by atoms with Crippen LogP contribution in [0.2, 0.25) is 0 Å². The minimum absolute atomic E-state index is 0.363. The Hall–Kier alpha value is -1.38. The highest BCUT2D eigenvalue weighted by Gasteiger charge is 2.10. The molecule has 0 aliphatic carbocycles. The third kappa shape index (κ3) is 2.84. The summed E-state index contributed by atoms with van der Waals surface area (Å²) in [7, 11) is 0. The topological polar surface area (TPSA) is 29.5 Å². The van der Waals surface area contributed by atoms with Gasteiger partial charge in [0.05, 0.1) is 6.61 Å². The van der Waals surface area contributed by atoms with Crippen LogP contribution in [0.15, 0.2) is 42.5 Å². The fraction of sp³-hybridized carbons (Fsp3) is 0.333. The van der Waals surface area contributed by atoms with E-state index in [0.717, 1.165) is 22.8 Å². The number of ether oxygens (including phenoxy) is 1. The highest BCUT2D eigenvalue weighted by molar-refractivity contribution is 5.85. The van der Waals surface area contributed by atoms with Gasteiger partial charge >= 0.3 is 0 Å². The summed E-state index contributed by atoms with van der Waals surface area (Å²) in [5.41, 5.74) is 0.944. The summed E-state index contributed by atoms with van der Waals surface area (Å²) < 4.78 is 5.40. The van der Waals surface area contributed by atoms with Crippen molar-refractivity contribution in [2.75, 3.05) is 13.2 Å². The van der Waals surface area contributed by atoms with Gasteiger partial charge in [0, 0.05) is 6.61 Å². The highest BCUT2D eigenvalue weighted by Crippen LogP contribution is 2.24. The van der Waals surface area contributed by atoms with Crippen molar-refractivity contribution in [1.29, 1.82) is 0 Å². The molecule has 0 aliphatic heterocycles. The summed E-state index contributed by atoms with van der Waals surface area (Å²) in [5.74, 6) is 0. The zero-order chi connectivity index (χ0) is 12.1. The Labute approximate surface area is 102 Å². The lowest BCUT2D eigenvalue weighted by Crippen LogP contribution is -2.08. The molecule has 0 fully saturated rings. The lowest BCUT2D eigenvalue weighted by Gasteiger charge is -2.13. The van der Waals surface area contributed by atoms with Gasteiger partial charge in [0.1, 0.15) is 6.10 Å². The predicted octanol–water partition coefficient (Wildman–Crippen LogP) is 3.30. The number of aliphatic hydroxyl groups excluding tert-OH is 1. The van der Waals surface area contributed by atoms with Gasteiger partial charge in [-0.3, -0.25) is 0 Å². The molecule has 0 aromatic heterocycles. The minimum Gasteiger partial charge on any atom is -0.386 e. The lowest BCUT2D eigenvalue weighted by molar-refractivity contribution is 0.0371. The maximum atomic E-state index is 10.1. The zero-order valence-electron chi connectivity index (χ0n) is 10.1. The Bertz CT molecular complexity index is 474. The Kier molecular flexibility index (Phi) is 4.13. The summed E-state index contributed by atoms with van der Waals surface area (Å²) in [5, 5.41) is 12.4. The van der Waals surface area contributed by atoms with Crippen molar-refractivity contribution >= 4 is 10.8 Å². The van der Waals surface area contributed by atoms with Gasteiger partial charge in [-0.1, -0.05) is 49.4 Å². The molecule has 2 heteroatoms. The number of fused-ring (bicyclic) bond motifs is 1. The first kappa shape index (κ1) is 12.1. The molecule has 1 unspecified atom stereocenters. The Morgan fingerprint density at radius 2 is 1.88 bits per heavy atom. The lowest BCUT2D eigenvalue weighted by atomic mass is 10.0. The molecule has 0 radical (unpaired) electrons. The summed E-state index contributed by atoms with van der Waals surface area (Å²) in [4.78, 5) is 0. The SMILES string of the molecule is CCCOCC(O)c1cccc2ccccc12. The molecular formula is C15H18O2. The maximum absolute atomic E-state index is 10.1. The number of aliphatic hydroxyl groups is 1. The molecule has 2 aromatic carbocycles. The zero-order valence-corrected chi connectivity index (χ0v) is 10.1. The van der Waals surface area contributed by atoms with E-state index in [2.05, 4.69) is 19.1 Å². The molecule has 90 valence electrons. The Morgan fingerprint density at radius 1 is 1.12 bits per heavy atom. The van der Waals surface area contributed by atoms with Crippen LogP contribution in [0.5, 0.6) is 0 Å². The van der Waals surface area contributed by atoms with Crippen LogP contribution in [-0.4, -0.2) is 18.3 Å². The van der Waals surface area contributed by atoms with E-state index < -0.39 is 6.10 Å². The number of hydrogen-bond donors (Lipinski definition) is 1. The maximum Gasteiger partial charge on any atom is 0.103 e. The highest BCUT2D eigenvalue weighted by atomic mass is 16.5. The molecule has 0 saturated carbocycles. The van der Waals surface area contributed by atoms with Gasteiger partial charge < -0.3 is 9.84 Å². The number of benzene rings is 2. The van der Waals surface area contributed by atoms with Crippen molar-refractivity contribution in [3.8, 4) is 0 Å². The van der Waals surface area contributed by atoms with Crippen molar-refractivity contribution < 1.29 is 9.84 Å². The van der Waals surface area contributed by atoms with Gasteiger partial charge in [0.25, 0.3) is 0 Å². The molecule has 2 aromatic rings. The normalized spacial score (nSPS) is 12.8. The number of hydrogen-bond acceptors (Lipinski definition) is 2. The van der Waals surface area contributed by atoms with Gasteiger partial charge in [-0.25, -0.2) is 0 Å². The van der Waals surface area contributed by atoms with E-state index in [1.165, 1.54) is 0 Å². The van der Waals surface area contributed by atoms with Crippen LogP contribution >= 0.6 is 0 Å². The molecule has 0 aliphatic rings. The fourth-order valence-corrected chi connectivity index (χ4v) is 1.97. The molecule has 0 spiro atoms. The van der Waals surface area contributed by atoms with E-state index in [1.807, 2.05) is 30.3 Å². The van der Waals surface area contributed by atoms with E-state index in [0.29, 0.717) is 13.2 Å². The predicted molar refractivity (Wildman–Crippen MR) is 70.0 cm³/mol. The van der Waals surface area contributed by atoms with Crippen molar-refractivity contribution in [2.24, 2.45) is 0 Å². The molecule has 0 bridgehead atoms. The van der Waals surface area contributed by atoms with Crippen LogP contribution in [0, 0.1) is 0 Å². The molecule has 0 saturated heterocycles. The molecule has 0 amide bonds. The van der Waals surface area contributed by atoms with E-state index in [4.69, 9.17) is 4.74 Å². The Balaban J connectivity index is 2.22. The van der Waals surface area contributed by atoms with Crippen LogP contribution in [0.1, 0.15) is 25.0 Å². The van der Waals surface area contributed by atoms with Crippen LogP contribution in [-0.2, 0) is 4.74 Å². The summed E-state index contributed by atoms with van der Waals surface area (Å²) in [6.07, 6.45) is 0.426. The van der Waals surface area contributed by atoms with Crippen LogP contribution in [0.3, 0.4) is 0 Å². The average Bonchev–Trinajstić information content (AvgIpc) is 2.38. The van der Waals surface area contributed by atoms with Crippen molar-refractivity contribution in [1.82, 2.24) is 0 Å². The third-order valence-electron chi connectivity index (χ3n) is 2.81. The van der Waals surface area contributed by atoms with Gasteiger partial charge in [-0.2, -0.15) is 0 Å². The van der Waals surface area contributed by atoms with Gasteiger partial charge in [0.15, 0.2) is 0 Å². The molecule has 0 heterocycles. The monoisotopic (exact) mass is 230 g/mol. The van der Waals surface area contributed by atoms with Gasteiger partial charge in [-0.15, -0.1) is 0 Å². The van der Waals surface area contributed by atoms with E-state index >= 15 is 0 Å². The molecule has 2 rings (SSSR count). The quantitative estimate of drug-likeness (QED) is 0.799. The van der Waals surface area contributed by atoms with Crippen LogP contribution in [0.4, 0.5) is 0 Å². The van der Waals surface area contributed by atoms with Gasteiger partial charge in [0.2, 0.25) is 0 Å². The summed E-state index contributed by atoms with van der Waals surface area (Å²) >= 11 is 0. The van der Waals surface area contributed by atoms with Gasteiger partial charge in [-0.05, 0) is 22.8 Å². The molecule has 2 nitrogen and oxygen atoms in total. The first-order valence-electron chi connectivity index (χ1n) is 6.06. The molecule has 1 N–H and O–H groups in total. The second kappa shape index (κ2) is 5.80. The molecule has 17 heavy (non-hydrogen) atoms. The van der Waals surface area contributed by atoms with E-state index in [-0.39, 0.29) is 0 Å². The van der Waals surface area contributed by atoms with Crippen molar-refractivity contribution in [3.63, 3.8) is 0 Å². The first-order chi connectivity index (χ1) is 8.33. The van der Waals surface area contributed by atoms with Crippen LogP contribution < -0.4 is 0 Å². The standard InChI is InChI=1S/C15H18O2/c1-2-10-17-11-15(16)14-9-5-7-12-6-3-4-8-13(12)14/h3-9,15-16H,2,10-11H2,1H3. The molecule has 1 atom stereocenters. The number of rotatable bonds is 5. The summed E-state index contributed by atoms with van der Waals surface area (Å²) in [6, 6.07) is 14.1. The smallest absolute Gasteiger partial charge is 0.103 e.